The van der Waals surface area contributed by atoms with Crippen molar-refractivity contribution in [3.63, 3.8) is 0 Å². The van der Waals surface area contributed by atoms with Gasteiger partial charge in [-0.05, 0) is 24.3 Å². The van der Waals surface area contributed by atoms with Crippen LogP contribution < -0.4 is 4.90 Å². The first-order chi connectivity index (χ1) is 12.5. The molecule has 0 saturated carbocycles. The fourth-order valence-corrected chi connectivity index (χ4v) is 4.21. The maximum atomic E-state index is 11.7. The van der Waals surface area contributed by atoms with Crippen LogP contribution >= 0.6 is 11.6 Å². The predicted octanol–water partition coefficient (Wildman–Crippen LogP) is 2.69. The maximum absolute atomic E-state index is 11.7. The summed E-state index contributed by atoms with van der Waals surface area (Å²) < 4.78 is 28.8. The highest BCUT2D eigenvalue weighted by molar-refractivity contribution is 7.91. The van der Waals surface area contributed by atoms with Crippen LogP contribution in [0.2, 0.25) is 5.02 Å². The Morgan fingerprint density at radius 2 is 1.92 bits per heavy atom. The lowest BCUT2D eigenvalue weighted by Crippen LogP contribution is -2.40. The number of sulfone groups is 1. The maximum Gasteiger partial charge on any atom is 0.261 e. The molecule has 0 amide bonds. The average molecular weight is 391 g/mol. The lowest BCUT2D eigenvalue weighted by molar-refractivity contribution is 0.432. The SMILES string of the molecule is O=S1(=O)CCN(c2ncccc2-c2nc(-c3cccc(Cl)c3)no2)CC1. The van der Waals surface area contributed by atoms with Gasteiger partial charge >= 0.3 is 0 Å². The standard InChI is InChI=1S/C17H15ClN4O3S/c18-13-4-1-3-12(11-13)15-20-17(25-21-15)14-5-2-6-19-16(14)22-7-9-26(23,24)10-8-22/h1-6,11H,7-10H2. The van der Waals surface area contributed by atoms with Crippen LogP contribution in [-0.2, 0) is 9.84 Å². The van der Waals surface area contributed by atoms with E-state index in [1.807, 2.05) is 23.1 Å². The van der Waals surface area contributed by atoms with E-state index in [4.69, 9.17) is 16.1 Å². The van der Waals surface area contributed by atoms with E-state index in [0.717, 1.165) is 5.56 Å². The Hall–Kier alpha value is -2.45. The van der Waals surface area contributed by atoms with Gasteiger partial charge in [-0.2, -0.15) is 4.98 Å². The van der Waals surface area contributed by atoms with E-state index < -0.39 is 9.84 Å². The number of rotatable bonds is 3. The van der Waals surface area contributed by atoms with Crippen molar-refractivity contribution in [1.29, 1.82) is 0 Å². The number of halogens is 1. The molecule has 0 atom stereocenters. The highest BCUT2D eigenvalue weighted by Crippen LogP contribution is 2.30. The zero-order valence-corrected chi connectivity index (χ0v) is 15.2. The Morgan fingerprint density at radius 1 is 1.12 bits per heavy atom. The van der Waals surface area contributed by atoms with E-state index >= 15 is 0 Å². The summed E-state index contributed by atoms with van der Waals surface area (Å²) in [5.41, 5.74) is 1.43. The molecular weight excluding hydrogens is 376 g/mol. The van der Waals surface area contributed by atoms with Crippen molar-refractivity contribution in [2.75, 3.05) is 29.5 Å². The molecule has 0 radical (unpaired) electrons. The van der Waals surface area contributed by atoms with Gasteiger partial charge in [-0.15, -0.1) is 0 Å². The van der Waals surface area contributed by atoms with Crippen LogP contribution in [0.1, 0.15) is 0 Å². The smallest absolute Gasteiger partial charge is 0.261 e. The van der Waals surface area contributed by atoms with Gasteiger partial charge in [-0.25, -0.2) is 13.4 Å². The van der Waals surface area contributed by atoms with Crippen LogP contribution in [-0.4, -0.2) is 48.1 Å². The number of benzene rings is 1. The topological polar surface area (TPSA) is 89.2 Å². The van der Waals surface area contributed by atoms with Crippen molar-refractivity contribution < 1.29 is 12.9 Å². The third kappa shape index (κ3) is 3.42. The lowest BCUT2D eigenvalue weighted by atomic mass is 10.2. The molecule has 134 valence electrons. The van der Waals surface area contributed by atoms with Gasteiger partial charge in [0.15, 0.2) is 9.84 Å². The molecule has 0 aliphatic carbocycles. The average Bonchev–Trinajstić information content (AvgIpc) is 3.12. The van der Waals surface area contributed by atoms with Crippen LogP contribution in [0.5, 0.6) is 0 Å². The predicted molar refractivity (Wildman–Crippen MR) is 98.8 cm³/mol. The Morgan fingerprint density at radius 3 is 2.69 bits per heavy atom. The first kappa shape index (κ1) is 17.0. The van der Waals surface area contributed by atoms with Gasteiger partial charge in [0.25, 0.3) is 5.89 Å². The van der Waals surface area contributed by atoms with E-state index in [1.165, 1.54) is 0 Å². The zero-order valence-electron chi connectivity index (χ0n) is 13.7. The molecule has 1 saturated heterocycles. The molecule has 4 rings (SSSR count). The summed E-state index contributed by atoms with van der Waals surface area (Å²) in [4.78, 5) is 10.8. The molecule has 1 fully saturated rings. The monoisotopic (exact) mass is 390 g/mol. The van der Waals surface area contributed by atoms with Gasteiger partial charge in [-0.1, -0.05) is 28.9 Å². The van der Waals surface area contributed by atoms with Crippen LogP contribution in [0, 0.1) is 0 Å². The van der Waals surface area contributed by atoms with Gasteiger partial charge in [0.2, 0.25) is 5.82 Å². The summed E-state index contributed by atoms with van der Waals surface area (Å²) in [7, 11) is -2.97. The van der Waals surface area contributed by atoms with E-state index in [2.05, 4.69) is 15.1 Å². The first-order valence-electron chi connectivity index (χ1n) is 8.02. The third-order valence-corrected chi connectivity index (χ3v) is 6.01. The minimum Gasteiger partial charge on any atom is -0.354 e. The van der Waals surface area contributed by atoms with Crippen LogP contribution in [0.3, 0.4) is 0 Å². The lowest BCUT2D eigenvalue weighted by Gasteiger charge is -2.28. The summed E-state index contributed by atoms with van der Waals surface area (Å²) in [6.45, 7) is 0.781. The van der Waals surface area contributed by atoms with Gasteiger partial charge in [-0.3, -0.25) is 0 Å². The molecule has 0 spiro atoms. The number of hydrogen-bond acceptors (Lipinski definition) is 7. The molecule has 1 aromatic carbocycles. The number of nitrogens with zero attached hydrogens (tertiary/aromatic N) is 4. The summed E-state index contributed by atoms with van der Waals surface area (Å²) in [5.74, 6) is 1.63. The summed E-state index contributed by atoms with van der Waals surface area (Å²) >= 11 is 6.02. The van der Waals surface area contributed by atoms with Crippen LogP contribution in [0.15, 0.2) is 47.1 Å². The Balaban J connectivity index is 1.67. The van der Waals surface area contributed by atoms with E-state index in [0.29, 0.717) is 41.2 Å². The second-order valence-corrected chi connectivity index (χ2v) is 8.69. The Kier molecular flexibility index (Phi) is 4.37. The second-order valence-electron chi connectivity index (χ2n) is 5.95. The molecule has 7 nitrogen and oxygen atoms in total. The molecule has 1 aliphatic heterocycles. The molecule has 3 heterocycles. The normalized spacial score (nSPS) is 16.6. The summed E-state index contributed by atoms with van der Waals surface area (Å²) in [5, 5.41) is 4.61. The number of aromatic nitrogens is 3. The fraction of sp³-hybridized carbons (Fsp3) is 0.235. The van der Waals surface area contributed by atoms with Crippen molar-refractivity contribution in [3.8, 4) is 22.8 Å². The minimum absolute atomic E-state index is 0.112. The van der Waals surface area contributed by atoms with Crippen molar-refractivity contribution in [2.45, 2.75) is 0 Å². The highest BCUT2D eigenvalue weighted by Gasteiger charge is 2.25. The molecule has 0 bridgehead atoms. The minimum atomic E-state index is -2.97. The number of anilines is 1. The van der Waals surface area contributed by atoms with E-state index in [1.54, 1.807) is 24.4 Å². The molecule has 9 heteroatoms. The fourth-order valence-electron chi connectivity index (χ4n) is 2.82. The van der Waals surface area contributed by atoms with Crippen molar-refractivity contribution in [2.24, 2.45) is 0 Å². The Bertz CT molecular complexity index is 1040. The van der Waals surface area contributed by atoms with Gasteiger partial charge in [0, 0.05) is 29.9 Å². The molecule has 3 aromatic rings. The molecular formula is C17H15ClN4O3S. The van der Waals surface area contributed by atoms with Gasteiger partial charge in [0.05, 0.1) is 17.1 Å². The van der Waals surface area contributed by atoms with E-state index in [-0.39, 0.29) is 11.5 Å². The summed E-state index contributed by atoms with van der Waals surface area (Å²) in [6, 6.07) is 10.8. The van der Waals surface area contributed by atoms with Gasteiger partial charge in [0.1, 0.15) is 5.82 Å². The van der Waals surface area contributed by atoms with Crippen molar-refractivity contribution >= 4 is 27.3 Å². The highest BCUT2D eigenvalue weighted by atomic mass is 35.5. The first-order valence-corrected chi connectivity index (χ1v) is 10.2. The second kappa shape index (κ2) is 6.69. The molecule has 2 aromatic heterocycles. The zero-order chi connectivity index (χ0) is 18.1. The molecule has 0 N–H and O–H groups in total. The van der Waals surface area contributed by atoms with Crippen molar-refractivity contribution in [1.82, 2.24) is 15.1 Å². The largest absolute Gasteiger partial charge is 0.354 e. The third-order valence-electron chi connectivity index (χ3n) is 4.17. The molecule has 1 aliphatic rings. The van der Waals surface area contributed by atoms with Gasteiger partial charge < -0.3 is 9.42 Å². The Labute approximate surface area is 155 Å². The van der Waals surface area contributed by atoms with Crippen LogP contribution in [0.25, 0.3) is 22.8 Å². The molecule has 0 unspecified atom stereocenters. The molecule has 26 heavy (non-hydrogen) atoms. The van der Waals surface area contributed by atoms with Crippen molar-refractivity contribution in [3.05, 3.63) is 47.6 Å². The number of pyridine rings is 1. The van der Waals surface area contributed by atoms with Crippen LogP contribution in [0.4, 0.5) is 5.82 Å². The summed E-state index contributed by atoms with van der Waals surface area (Å²) in [6.07, 6.45) is 1.66. The number of hydrogen-bond donors (Lipinski definition) is 0. The van der Waals surface area contributed by atoms with E-state index in [9.17, 15) is 8.42 Å². The quantitative estimate of drug-likeness (QED) is 0.679.